The molecule has 1 saturated heterocycles. The van der Waals surface area contributed by atoms with Crippen molar-refractivity contribution in [2.45, 2.75) is 50.9 Å². The topological polar surface area (TPSA) is 107 Å². The molecule has 3 aromatic rings. The molecule has 1 amide bonds. The van der Waals surface area contributed by atoms with Crippen LogP contribution in [0.25, 0.3) is 11.3 Å². The minimum Gasteiger partial charge on any atom is -0.372 e. The SMILES string of the molecule is Cc1cc(-c2cc(C(O)N3CC[C@H](C(=O)NCc4ncc(F)cc4Cl)CC34CC4)[nH]n2)c(F)cn1. The van der Waals surface area contributed by atoms with Crippen molar-refractivity contribution < 1.29 is 18.7 Å². The van der Waals surface area contributed by atoms with Crippen molar-refractivity contribution in [2.75, 3.05) is 6.54 Å². The van der Waals surface area contributed by atoms with Crippen LogP contribution in [0.5, 0.6) is 0 Å². The predicted octanol–water partition coefficient (Wildman–Crippen LogP) is 3.66. The monoisotopic (exact) mass is 502 g/mol. The summed E-state index contributed by atoms with van der Waals surface area (Å²) in [5, 5.41) is 21.2. The summed E-state index contributed by atoms with van der Waals surface area (Å²) >= 11 is 6.00. The second kappa shape index (κ2) is 9.25. The van der Waals surface area contributed by atoms with Gasteiger partial charge in [-0.15, -0.1) is 0 Å². The number of nitrogens with zero attached hydrogens (tertiary/aromatic N) is 4. The van der Waals surface area contributed by atoms with E-state index in [4.69, 9.17) is 11.6 Å². The molecule has 0 bridgehead atoms. The molecule has 1 spiro atoms. The molecule has 3 aromatic heterocycles. The van der Waals surface area contributed by atoms with Crippen LogP contribution in [0.1, 0.15) is 49.0 Å². The van der Waals surface area contributed by atoms with E-state index in [0.29, 0.717) is 47.7 Å². The first-order valence-electron chi connectivity index (χ1n) is 11.5. The van der Waals surface area contributed by atoms with Gasteiger partial charge >= 0.3 is 0 Å². The molecule has 2 atom stereocenters. The molecule has 35 heavy (non-hydrogen) atoms. The van der Waals surface area contributed by atoms with Gasteiger partial charge in [-0.1, -0.05) is 11.6 Å². The Labute approximate surface area is 205 Å². The Morgan fingerprint density at radius 2 is 2.11 bits per heavy atom. The van der Waals surface area contributed by atoms with Crippen LogP contribution in [0, 0.1) is 24.5 Å². The van der Waals surface area contributed by atoms with Gasteiger partial charge in [0.2, 0.25) is 5.91 Å². The highest BCUT2D eigenvalue weighted by molar-refractivity contribution is 6.31. The van der Waals surface area contributed by atoms with Crippen LogP contribution in [0.15, 0.2) is 30.6 Å². The molecule has 1 unspecified atom stereocenters. The third kappa shape index (κ3) is 4.78. The summed E-state index contributed by atoms with van der Waals surface area (Å²) < 4.78 is 27.4. The summed E-state index contributed by atoms with van der Waals surface area (Å²) in [4.78, 5) is 22.7. The quantitative estimate of drug-likeness (QED) is 0.475. The Kier molecular flexibility index (Phi) is 6.29. The standard InChI is InChI=1S/C24H25ClF2N6O2/c1-13-6-16(18(27)11-28-13)19-8-20(32-31-19)23(35)33-5-2-14(9-24(33)3-4-24)22(34)30-12-21-17(25)7-15(26)10-29-21/h6-8,10-11,14,23,35H,2-5,9,12H2,1H3,(H,30,34)(H,31,32)/t14-,23?/m0/s1. The number of piperidine rings is 1. The molecule has 4 heterocycles. The van der Waals surface area contributed by atoms with Crippen LogP contribution in [-0.2, 0) is 11.3 Å². The fourth-order valence-corrected chi connectivity index (χ4v) is 5.07. The van der Waals surface area contributed by atoms with Crippen LogP contribution in [0.3, 0.4) is 0 Å². The van der Waals surface area contributed by atoms with E-state index in [2.05, 4.69) is 25.5 Å². The van der Waals surface area contributed by atoms with E-state index < -0.39 is 17.9 Å². The van der Waals surface area contributed by atoms with E-state index in [1.807, 2.05) is 4.90 Å². The van der Waals surface area contributed by atoms with Crippen molar-refractivity contribution in [1.82, 2.24) is 30.4 Å². The van der Waals surface area contributed by atoms with E-state index in [0.717, 1.165) is 25.2 Å². The molecule has 184 valence electrons. The van der Waals surface area contributed by atoms with Gasteiger partial charge in [0.05, 0.1) is 41.0 Å². The van der Waals surface area contributed by atoms with Gasteiger partial charge in [-0.05, 0) is 50.8 Å². The molecule has 11 heteroatoms. The highest BCUT2D eigenvalue weighted by Crippen LogP contribution is 2.52. The maximum absolute atomic E-state index is 14.2. The highest BCUT2D eigenvalue weighted by atomic mass is 35.5. The van der Waals surface area contributed by atoms with E-state index in [-0.39, 0.29) is 28.9 Å². The molecular formula is C24H25ClF2N6O2. The minimum atomic E-state index is -0.948. The Hall–Kier alpha value is -2.95. The van der Waals surface area contributed by atoms with Gasteiger partial charge in [0.25, 0.3) is 0 Å². The number of amides is 1. The minimum absolute atomic E-state index is 0.111. The lowest BCUT2D eigenvalue weighted by Gasteiger charge is -2.41. The number of aryl methyl sites for hydroxylation is 1. The first kappa shape index (κ1) is 23.8. The fraction of sp³-hybridized carbons (Fsp3) is 0.417. The van der Waals surface area contributed by atoms with Gasteiger partial charge in [-0.3, -0.25) is 24.8 Å². The zero-order valence-corrected chi connectivity index (χ0v) is 19.8. The van der Waals surface area contributed by atoms with Gasteiger partial charge < -0.3 is 10.4 Å². The molecule has 0 aromatic carbocycles. The van der Waals surface area contributed by atoms with Gasteiger partial charge in [0.15, 0.2) is 5.82 Å². The fourth-order valence-electron chi connectivity index (χ4n) is 4.85. The lowest BCUT2D eigenvalue weighted by molar-refractivity contribution is -0.131. The average molecular weight is 503 g/mol. The lowest BCUT2D eigenvalue weighted by Crippen LogP contribution is -2.49. The second-order valence-electron chi connectivity index (χ2n) is 9.30. The Morgan fingerprint density at radius 3 is 2.86 bits per heavy atom. The molecule has 1 aliphatic heterocycles. The van der Waals surface area contributed by atoms with Crippen LogP contribution in [-0.4, -0.2) is 48.2 Å². The molecule has 3 N–H and O–H groups in total. The Bertz CT molecular complexity index is 1260. The smallest absolute Gasteiger partial charge is 0.223 e. The number of aliphatic hydroxyl groups is 1. The molecule has 5 rings (SSSR count). The maximum atomic E-state index is 14.2. The molecular weight excluding hydrogens is 478 g/mol. The van der Waals surface area contributed by atoms with E-state index in [1.54, 1.807) is 19.1 Å². The molecule has 2 aliphatic rings. The largest absolute Gasteiger partial charge is 0.372 e. The number of rotatable bonds is 6. The van der Waals surface area contributed by atoms with Crippen molar-refractivity contribution in [2.24, 2.45) is 5.92 Å². The summed E-state index contributed by atoms with van der Waals surface area (Å²) in [5.41, 5.74) is 2.00. The van der Waals surface area contributed by atoms with Gasteiger partial charge in [-0.2, -0.15) is 5.10 Å². The van der Waals surface area contributed by atoms with Crippen LogP contribution in [0.2, 0.25) is 5.02 Å². The van der Waals surface area contributed by atoms with Crippen molar-refractivity contribution in [1.29, 1.82) is 0 Å². The van der Waals surface area contributed by atoms with E-state index in [1.165, 1.54) is 6.07 Å². The first-order chi connectivity index (χ1) is 16.8. The normalized spacial score (nSPS) is 20.1. The number of aromatic amines is 1. The maximum Gasteiger partial charge on any atom is 0.223 e. The summed E-state index contributed by atoms with van der Waals surface area (Å²) in [7, 11) is 0. The van der Waals surface area contributed by atoms with Gasteiger partial charge in [0.1, 0.15) is 12.0 Å². The predicted molar refractivity (Wildman–Crippen MR) is 124 cm³/mol. The summed E-state index contributed by atoms with van der Waals surface area (Å²) in [5.74, 6) is -1.34. The van der Waals surface area contributed by atoms with Crippen LogP contribution >= 0.6 is 11.6 Å². The number of H-pyrrole nitrogens is 1. The summed E-state index contributed by atoms with van der Waals surface area (Å²) in [6.45, 7) is 2.41. The summed E-state index contributed by atoms with van der Waals surface area (Å²) in [6, 6.07) is 4.43. The van der Waals surface area contributed by atoms with Crippen molar-refractivity contribution in [3.63, 3.8) is 0 Å². The number of carbonyl (C=O) groups is 1. The number of halogens is 3. The number of likely N-dealkylation sites (tertiary alicyclic amines) is 1. The van der Waals surface area contributed by atoms with E-state index >= 15 is 0 Å². The molecule has 0 radical (unpaired) electrons. The van der Waals surface area contributed by atoms with Crippen molar-refractivity contribution in [3.05, 3.63) is 64.3 Å². The van der Waals surface area contributed by atoms with Gasteiger partial charge in [-0.25, -0.2) is 8.78 Å². The second-order valence-corrected chi connectivity index (χ2v) is 9.70. The summed E-state index contributed by atoms with van der Waals surface area (Å²) in [6.07, 6.45) is 4.20. The lowest BCUT2D eigenvalue weighted by atomic mass is 9.87. The molecule has 1 saturated carbocycles. The van der Waals surface area contributed by atoms with Crippen LogP contribution in [0.4, 0.5) is 8.78 Å². The molecule has 2 fully saturated rings. The third-order valence-corrected chi connectivity index (χ3v) is 7.23. The third-order valence-electron chi connectivity index (χ3n) is 6.91. The number of aliphatic hydroxyl groups excluding tert-OH is 1. The van der Waals surface area contributed by atoms with Crippen LogP contribution < -0.4 is 5.32 Å². The zero-order valence-electron chi connectivity index (χ0n) is 19.1. The highest BCUT2D eigenvalue weighted by Gasteiger charge is 2.54. The number of hydrogen-bond donors (Lipinski definition) is 3. The number of nitrogens with one attached hydrogen (secondary N) is 2. The Morgan fingerprint density at radius 1 is 1.31 bits per heavy atom. The van der Waals surface area contributed by atoms with Crippen molar-refractivity contribution >= 4 is 17.5 Å². The molecule has 8 nitrogen and oxygen atoms in total. The van der Waals surface area contributed by atoms with Gasteiger partial charge in [0, 0.05) is 29.3 Å². The van der Waals surface area contributed by atoms with E-state index in [9.17, 15) is 18.7 Å². The molecule has 1 aliphatic carbocycles. The zero-order chi connectivity index (χ0) is 24.7. The average Bonchev–Trinajstić information content (AvgIpc) is 3.40. The number of aromatic nitrogens is 4. The number of carbonyl (C=O) groups excluding carboxylic acids is 1. The van der Waals surface area contributed by atoms with Crippen molar-refractivity contribution in [3.8, 4) is 11.3 Å². The first-order valence-corrected chi connectivity index (χ1v) is 11.8. The number of pyridine rings is 2. The Balaban J connectivity index is 1.24. The number of hydrogen-bond acceptors (Lipinski definition) is 6.